The van der Waals surface area contributed by atoms with Gasteiger partial charge in [-0.15, -0.1) is 11.8 Å². The molecule has 0 bridgehead atoms. The van der Waals surface area contributed by atoms with Crippen LogP contribution in [0.5, 0.6) is 0 Å². The number of hydrogen-bond donors (Lipinski definition) is 3. The highest BCUT2D eigenvalue weighted by molar-refractivity contribution is 8.00. The number of aliphatic hydroxyl groups is 1. The van der Waals surface area contributed by atoms with Crippen LogP contribution in [0.25, 0.3) is 0 Å². The molecule has 2 aliphatic rings. The first-order chi connectivity index (χ1) is 10.1. The quantitative estimate of drug-likeness (QED) is 0.793. The molecule has 1 heterocycles. The van der Waals surface area contributed by atoms with Crippen LogP contribution in [0, 0.1) is 5.92 Å². The number of aliphatic hydroxyl groups excluding tert-OH is 1. The van der Waals surface area contributed by atoms with Gasteiger partial charge in [-0.3, -0.25) is 9.59 Å². The minimum Gasteiger partial charge on any atom is -0.393 e. The Labute approximate surface area is 127 Å². The van der Waals surface area contributed by atoms with Gasteiger partial charge in [0.2, 0.25) is 5.91 Å². The number of nitrogens with one attached hydrogen (secondary N) is 2. The largest absolute Gasteiger partial charge is 0.393 e. The van der Waals surface area contributed by atoms with Crippen LogP contribution in [0.4, 0.5) is 5.69 Å². The van der Waals surface area contributed by atoms with Gasteiger partial charge in [-0.05, 0) is 43.4 Å². The molecule has 2 unspecified atom stereocenters. The van der Waals surface area contributed by atoms with Crippen molar-refractivity contribution in [1.82, 2.24) is 5.32 Å². The Kier molecular flexibility index (Phi) is 4.17. The van der Waals surface area contributed by atoms with Crippen molar-refractivity contribution in [2.75, 3.05) is 17.6 Å². The van der Waals surface area contributed by atoms with Crippen LogP contribution in [-0.2, 0) is 4.79 Å². The lowest BCUT2D eigenvalue weighted by molar-refractivity contribution is -0.113. The molecule has 2 amide bonds. The molecule has 0 aromatic heterocycles. The number of benzene rings is 1. The number of rotatable bonds is 3. The minimum absolute atomic E-state index is 0.0370. The van der Waals surface area contributed by atoms with Gasteiger partial charge in [0.25, 0.3) is 5.91 Å². The monoisotopic (exact) mass is 306 g/mol. The van der Waals surface area contributed by atoms with E-state index in [1.54, 1.807) is 12.1 Å². The third kappa shape index (κ3) is 3.39. The molecule has 21 heavy (non-hydrogen) atoms. The summed E-state index contributed by atoms with van der Waals surface area (Å²) in [6, 6.07) is 5.37. The average molecular weight is 306 g/mol. The topological polar surface area (TPSA) is 78.4 Å². The van der Waals surface area contributed by atoms with Gasteiger partial charge in [0.05, 0.1) is 17.5 Å². The highest BCUT2D eigenvalue weighted by atomic mass is 32.2. The first-order valence-corrected chi connectivity index (χ1v) is 8.13. The normalized spacial score (nSPS) is 24.3. The number of carbonyl (C=O) groups is 2. The molecule has 1 aliphatic heterocycles. The van der Waals surface area contributed by atoms with Gasteiger partial charge < -0.3 is 15.7 Å². The minimum atomic E-state index is -0.220. The molecule has 1 aromatic carbocycles. The molecule has 2 atom stereocenters. The molecule has 0 saturated heterocycles. The van der Waals surface area contributed by atoms with Crippen molar-refractivity contribution in [3.8, 4) is 0 Å². The molecule has 3 rings (SSSR count). The van der Waals surface area contributed by atoms with E-state index >= 15 is 0 Å². The standard InChI is InChI=1S/C15H18N2O3S/c18-11-3-1-9(5-11)7-16-15(20)10-2-4-13-12(6-10)17-14(19)8-21-13/h2,4,6,9,11,18H,1,3,5,7-8H2,(H,16,20)(H,17,19). The van der Waals surface area contributed by atoms with Gasteiger partial charge in [-0.2, -0.15) is 0 Å². The second-order valence-corrected chi connectivity index (χ2v) is 6.61. The van der Waals surface area contributed by atoms with Gasteiger partial charge in [-0.1, -0.05) is 0 Å². The summed E-state index contributed by atoms with van der Waals surface area (Å²) in [5, 5.41) is 15.2. The summed E-state index contributed by atoms with van der Waals surface area (Å²) < 4.78 is 0. The van der Waals surface area contributed by atoms with Gasteiger partial charge in [0, 0.05) is 17.0 Å². The van der Waals surface area contributed by atoms with Crippen molar-refractivity contribution in [2.24, 2.45) is 5.92 Å². The molecule has 112 valence electrons. The summed E-state index contributed by atoms with van der Waals surface area (Å²) >= 11 is 1.48. The van der Waals surface area contributed by atoms with E-state index in [0.717, 1.165) is 24.2 Å². The molecule has 3 N–H and O–H groups in total. The van der Waals surface area contributed by atoms with Crippen molar-refractivity contribution < 1.29 is 14.7 Å². The first-order valence-electron chi connectivity index (χ1n) is 7.15. The summed E-state index contributed by atoms with van der Waals surface area (Å²) in [7, 11) is 0. The Hall–Kier alpha value is -1.53. The summed E-state index contributed by atoms with van der Waals surface area (Å²) in [6.07, 6.45) is 2.32. The molecule has 1 aromatic rings. The van der Waals surface area contributed by atoms with Crippen LogP contribution in [0.1, 0.15) is 29.6 Å². The molecule has 1 fully saturated rings. The van der Waals surface area contributed by atoms with Crippen LogP contribution in [0.3, 0.4) is 0 Å². The van der Waals surface area contributed by atoms with Crippen molar-refractivity contribution in [3.63, 3.8) is 0 Å². The number of fused-ring (bicyclic) bond motifs is 1. The molecule has 1 aliphatic carbocycles. The van der Waals surface area contributed by atoms with Crippen molar-refractivity contribution in [2.45, 2.75) is 30.3 Å². The number of hydrogen-bond acceptors (Lipinski definition) is 4. The van der Waals surface area contributed by atoms with E-state index in [9.17, 15) is 14.7 Å². The van der Waals surface area contributed by atoms with Gasteiger partial charge in [0.1, 0.15) is 0 Å². The summed E-state index contributed by atoms with van der Waals surface area (Å²) in [6.45, 7) is 0.591. The molecule has 0 radical (unpaired) electrons. The summed E-state index contributed by atoms with van der Waals surface area (Å²) in [5.41, 5.74) is 1.26. The van der Waals surface area contributed by atoms with Crippen LogP contribution in [0.15, 0.2) is 23.1 Å². The fourth-order valence-corrected chi connectivity index (χ4v) is 3.59. The van der Waals surface area contributed by atoms with Gasteiger partial charge in [0.15, 0.2) is 0 Å². The van der Waals surface area contributed by atoms with Gasteiger partial charge in [-0.25, -0.2) is 0 Å². The maximum atomic E-state index is 12.2. The lowest BCUT2D eigenvalue weighted by atomic mass is 10.1. The second kappa shape index (κ2) is 6.07. The van der Waals surface area contributed by atoms with E-state index in [1.807, 2.05) is 6.07 Å². The lowest BCUT2D eigenvalue weighted by Crippen LogP contribution is -2.29. The maximum Gasteiger partial charge on any atom is 0.251 e. The average Bonchev–Trinajstić information content (AvgIpc) is 2.89. The van der Waals surface area contributed by atoms with E-state index in [4.69, 9.17) is 0 Å². The van der Waals surface area contributed by atoms with Crippen molar-refractivity contribution in [3.05, 3.63) is 23.8 Å². The number of thioether (sulfide) groups is 1. The Balaban J connectivity index is 1.62. The zero-order valence-electron chi connectivity index (χ0n) is 11.6. The molecule has 0 spiro atoms. The predicted molar refractivity (Wildman–Crippen MR) is 81.5 cm³/mol. The fraction of sp³-hybridized carbons (Fsp3) is 0.467. The number of carbonyl (C=O) groups excluding carboxylic acids is 2. The van der Waals surface area contributed by atoms with Crippen LogP contribution < -0.4 is 10.6 Å². The highest BCUT2D eigenvalue weighted by Gasteiger charge is 2.23. The van der Waals surface area contributed by atoms with Crippen LogP contribution in [0.2, 0.25) is 0 Å². The zero-order valence-corrected chi connectivity index (χ0v) is 12.4. The lowest BCUT2D eigenvalue weighted by Gasteiger charge is -2.17. The van der Waals surface area contributed by atoms with Crippen molar-refractivity contribution in [1.29, 1.82) is 0 Å². The second-order valence-electron chi connectivity index (χ2n) is 5.59. The Morgan fingerprint density at radius 3 is 3.05 bits per heavy atom. The van der Waals surface area contributed by atoms with Crippen molar-refractivity contribution >= 4 is 29.3 Å². The van der Waals surface area contributed by atoms with E-state index in [2.05, 4.69) is 10.6 Å². The SMILES string of the molecule is O=C1CSc2ccc(C(=O)NCC3CCC(O)C3)cc2N1. The van der Waals surface area contributed by atoms with E-state index < -0.39 is 0 Å². The molecular formula is C15H18N2O3S. The van der Waals surface area contributed by atoms with E-state index in [1.165, 1.54) is 11.8 Å². The molecule has 1 saturated carbocycles. The van der Waals surface area contributed by atoms with E-state index in [0.29, 0.717) is 29.5 Å². The van der Waals surface area contributed by atoms with Crippen LogP contribution in [-0.4, -0.2) is 35.3 Å². The molecule has 6 heteroatoms. The third-order valence-electron chi connectivity index (χ3n) is 3.94. The Morgan fingerprint density at radius 2 is 2.29 bits per heavy atom. The molecule has 5 nitrogen and oxygen atoms in total. The Bertz CT molecular complexity index is 576. The predicted octanol–water partition coefficient (Wildman–Crippen LogP) is 1.62. The summed E-state index contributed by atoms with van der Waals surface area (Å²) in [5.74, 6) is 0.605. The first kappa shape index (κ1) is 14.4. The summed E-state index contributed by atoms with van der Waals surface area (Å²) in [4.78, 5) is 24.5. The van der Waals surface area contributed by atoms with Gasteiger partial charge >= 0.3 is 0 Å². The maximum absolute atomic E-state index is 12.2. The highest BCUT2D eigenvalue weighted by Crippen LogP contribution is 2.32. The van der Waals surface area contributed by atoms with Crippen LogP contribution >= 0.6 is 11.8 Å². The van der Waals surface area contributed by atoms with E-state index in [-0.39, 0.29) is 17.9 Å². The zero-order chi connectivity index (χ0) is 14.8. The third-order valence-corrected chi connectivity index (χ3v) is 5.01. The Morgan fingerprint density at radius 1 is 1.43 bits per heavy atom. The fourth-order valence-electron chi connectivity index (χ4n) is 2.80. The molecular weight excluding hydrogens is 288 g/mol. The number of anilines is 1. The number of amides is 2. The smallest absolute Gasteiger partial charge is 0.251 e.